The lowest BCUT2D eigenvalue weighted by molar-refractivity contribution is 0.519. The van der Waals surface area contributed by atoms with Crippen LogP contribution in [0.25, 0.3) is 0 Å². The van der Waals surface area contributed by atoms with E-state index in [4.69, 9.17) is 0 Å². The maximum Gasteiger partial charge on any atom is -0.0162 e. The summed E-state index contributed by atoms with van der Waals surface area (Å²) >= 11 is 0. The van der Waals surface area contributed by atoms with Crippen molar-refractivity contribution in [1.29, 1.82) is 0 Å². The van der Waals surface area contributed by atoms with Crippen LogP contribution in [0.4, 0.5) is 0 Å². The summed E-state index contributed by atoms with van der Waals surface area (Å²) < 4.78 is 0. The summed E-state index contributed by atoms with van der Waals surface area (Å²) in [7, 11) is 0. The van der Waals surface area contributed by atoms with Crippen molar-refractivity contribution in [3.63, 3.8) is 0 Å². The van der Waals surface area contributed by atoms with Gasteiger partial charge in [0, 0.05) is 0 Å². The molecule has 1 atom stereocenters. The first-order valence-corrected chi connectivity index (χ1v) is 7.71. The summed E-state index contributed by atoms with van der Waals surface area (Å²) in [5.74, 6) is 0.768. The standard InChI is InChI=1S/C18H29/c1-3-5-7-8-10-14-17(13-6-4-2)18-15-11-9-12-16-18/h4,9,11-12,15-17H,3,5-8,10,13-14H2,1-2H3. The Labute approximate surface area is 114 Å². The molecule has 0 heteroatoms. The van der Waals surface area contributed by atoms with Gasteiger partial charge in [-0.3, -0.25) is 0 Å². The van der Waals surface area contributed by atoms with Crippen LogP contribution in [0.3, 0.4) is 0 Å². The molecular weight excluding hydrogens is 216 g/mol. The highest BCUT2D eigenvalue weighted by Gasteiger charge is 2.10. The first-order chi connectivity index (χ1) is 8.88. The molecule has 18 heavy (non-hydrogen) atoms. The number of hydrogen-bond acceptors (Lipinski definition) is 0. The molecule has 1 aromatic carbocycles. The average molecular weight is 245 g/mol. The maximum absolute atomic E-state index is 2.30. The van der Waals surface area contributed by atoms with Crippen molar-refractivity contribution >= 4 is 0 Å². The number of benzene rings is 1. The van der Waals surface area contributed by atoms with Crippen molar-refractivity contribution in [1.82, 2.24) is 0 Å². The van der Waals surface area contributed by atoms with Gasteiger partial charge in [-0.1, -0.05) is 76.3 Å². The van der Waals surface area contributed by atoms with Gasteiger partial charge in [-0.05, 0) is 37.2 Å². The van der Waals surface area contributed by atoms with Crippen LogP contribution >= 0.6 is 0 Å². The molecule has 0 heterocycles. The molecule has 0 aliphatic heterocycles. The maximum atomic E-state index is 2.30. The quantitative estimate of drug-likeness (QED) is 0.435. The minimum atomic E-state index is 0.768. The van der Waals surface area contributed by atoms with Crippen molar-refractivity contribution in [2.24, 2.45) is 0 Å². The van der Waals surface area contributed by atoms with E-state index in [-0.39, 0.29) is 0 Å². The third kappa shape index (κ3) is 6.23. The zero-order valence-electron chi connectivity index (χ0n) is 12.2. The Balaban J connectivity index is 2.36. The molecule has 1 rings (SSSR count). The van der Waals surface area contributed by atoms with Crippen LogP contribution in [0.15, 0.2) is 30.3 Å². The van der Waals surface area contributed by atoms with Gasteiger partial charge in [0.05, 0.1) is 0 Å². The summed E-state index contributed by atoms with van der Waals surface area (Å²) in [4.78, 5) is 0. The van der Waals surface area contributed by atoms with Crippen LogP contribution in [0, 0.1) is 6.42 Å². The van der Waals surface area contributed by atoms with Gasteiger partial charge in [-0.15, -0.1) is 0 Å². The van der Waals surface area contributed by atoms with Crippen LogP contribution < -0.4 is 0 Å². The van der Waals surface area contributed by atoms with E-state index in [2.05, 4.69) is 50.6 Å². The highest BCUT2D eigenvalue weighted by Crippen LogP contribution is 2.27. The van der Waals surface area contributed by atoms with Gasteiger partial charge in [-0.2, -0.15) is 0 Å². The largest absolute Gasteiger partial charge is 0.0654 e. The van der Waals surface area contributed by atoms with E-state index < -0.39 is 0 Å². The molecule has 0 aliphatic rings. The minimum absolute atomic E-state index is 0.768. The molecular formula is C18H29. The van der Waals surface area contributed by atoms with E-state index in [9.17, 15) is 0 Å². The van der Waals surface area contributed by atoms with Crippen molar-refractivity contribution in [3.05, 3.63) is 42.3 Å². The molecule has 1 radical (unpaired) electrons. The molecule has 101 valence electrons. The average Bonchev–Trinajstić information content (AvgIpc) is 2.43. The van der Waals surface area contributed by atoms with Crippen LogP contribution in [0.2, 0.25) is 0 Å². The molecule has 0 aliphatic carbocycles. The smallest absolute Gasteiger partial charge is 0.0162 e. The number of rotatable bonds is 10. The highest BCUT2D eigenvalue weighted by molar-refractivity contribution is 5.19. The summed E-state index contributed by atoms with van der Waals surface area (Å²) in [6.07, 6.45) is 13.2. The summed E-state index contributed by atoms with van der Waals surface area (Å²) in [6.45, 7) is 4.45. The van der Waals surface area contributed by atoms with Gasteiger partial charge in [0.1, 0.15) is 0 Å². The van der Waals surface area contributed by atoms with Crippen molar-refractivity contribution in [2.45, 2.75) is 71.1 Å². The lowest BCUT2D eigenvalue weighted by Gasteiger charge is -2.17. The van der Waals surface area contributed by atoms with Gasteiger partial charge in [-0.25, -0.2) is 0 Å². The second kappa shape index (κ2) is 10.2. The van der Waals surface area contributed by atoms with Gasteiger partial charge < -0.3 is 0 Å². The van der Waals surface area contributed by atoms with Crippen LogP contribution in [0.1, 0.15) is 76.7 Å². The van der Waals surface area contributed by atoms with Gasteiger partial charge in [0.15, 0.2) is 0 Å². The third-order valence-electron chi connectivity index (χ3n) is 3.73. The summed E-state index contributed by atoms with van der Waals surface area (Å²) in [5, 5.41) is 0. The molecule has 0 aromatic heterocycles. The van der Waals surface area contributed by atoms with Gasteiger partial charge in [0.2, 0.25) is 0 Å². The Kier molecular flexibility index (Phi) is 8.63. The molecule has 0 nitrogen and oxygen atoms in total. The second-order valence-corrected chi connectivity index (χ2v) is 5.30. The zero-order chi connectivity index (χ0) is 13.1. The van der Waals surface area contributed by atoms with E-state index in [0.29, 0.717) is 0 Å². The number of unbranched alkanes of at least 4 members (excludes halogenated alkanes) is 5. The van der Waals surface area contributed by atoms with Crippen LogP contribution in [-0.2, 0) is 0 Å². The predicted molar refractivity (Wildman–Crippen MR) is 81.8 cm³/mol. The molecule has 0 amide bonds. The van der Waals surface area contributed by atoms with E-state index in [0.717, 1.165) is 5.92 Å². The lowest BCUT2D eigenvalue weighted by Crippen LogP contribution is -1.99. The Morgan fingerprint density at radius 1 is 0.944 bits per heavy atom. The molecule has 0 fully saturated rings. The zero-order valence-corrected chi connectivity index (χ0v) is 12.2. The number of hydrogen-bond donors (Lipinski definition) is 0. The predicted octanol–water partition coefficient (Wildman–Crippen LogP) is 6.14. The highest BCUT2D eigenvalue weighted by atomic mass is 14.1. The fourth-order valence-electron chi connectivity index (χ4n) is 2.57. The van der Waals surface area contributed by atoms with Crippen LogP contribution in [-0.4, -0.2) is 0 Å². The van der Waals surface area contributed by atoms with Gasteiger partial charge >= 0.3 is 0 Å². The molecule has 0 spiro atoms. The van der Waals surface area contributed by atoms with Gasteiger partial charge in [0.25, 0.3) is 0 Å². The van der Waals surface area contributed by atoms with E-state index in [1.54, 1.807) is 0 Å². The fraction of sp³-hybridized carbons (Fsp3) is 0.611. The fourth-order valence-corrected chi connectivity index (χ4v) is 2.57. The van der Waals surface area contributed by atoms with Crippen LogP contribution in [0.5, 0.6) is 0 Å². The first kappa shape index (κ1) is 15.3. The van der Waals surface area contributed by atoms with E-state index >= 15 is 0 Å². The Bertz CT molecular complexity index is 275. The molecule has 1 unspecified atom stereocenters. The Morgan fingerprint density at radius 2 is 1.67 bits per heavy atom. The second-order valence-electron chi connectivity index (χ2n) is 5.30. The van der Waals surface area contributed by atoms with E-state index in [1.165, 1.54) is 56.9 Å². The molecule has 0 N–H and O–H groups in total. The molecule has 0 bridgehead atoms. The Hall–Kier alpha value is -0.780. The van der Waals surface area contributed by atoms with Crippen molar-refractivity contribution in [3.8, 4) is 0 Å². The third-order valence-corrected chi connectivity index (χ3v) is 3.73. The topological polar surface area (TPSA) is 0 Å². The lowest BCUT2D eigenvalue weighted by atomic mass is 9.88. The van der Waals surface area contributed by atoms with Crippen molar-refractivity contribution in [2.75, 3.05) is 0 Å². The molecule has 0 saturated heterocycles. The van der Waals surface area contributed by atoms with E-state index in [1.807, 2.05) is 0 Å². The SMILES string of the molecule is C[CH]CCC(CCCCCCC)c1ccccc1. The van der Waals surface area contributed by atoms with Crippen molar-refractivity contribution < 1.29 is 0 Å². The minimum Gasteiger partial charge on any atom is -0.0654 e. The Morgan fingerprint density at radius 3 is 2.33 bits per heavy atom. The normalized spacial score (nSPS) is 12.6. The molecule has 0 saturated carbocycles. The monoisotopic (exact) mass is 245 g/mol. The molecule has 1 aromatic rings. The summed E-state index contributed by atoms with van der Waals surface area (Å²) in [5.41, 5.74) is 1.54. The summed E-state index contributed by atoms with van der Waals surface area (Å²) in [6, 6.07) is 11.1. The first-order valence-electron chi connectivity index (χ1n) is 7.71.